The summed E-state index contributed by atoms with van der Waals surface area (Å²) in [6, 6.07) is 8.73. The van der Waals surface area contributed by atoms with Crippen LogP contribution in [-0.4, -0.2) is 81.7 Å². The molecule has 0 saturated carbocycles. The number of aliphatic imine (C=N–C) groups is 1. The van der Waals surface area contributed by atoms with Gasteiger partial charge in [0.15, 0.2) is 20.7 Å². The van der Waals surface area contributed by atoms with Gasteiger partial charge in [0.25, 0.3) is 15.9 Å². The number of thiazole rings is 1. The molecule has 2 aliphatic heterocycles. The first-order valence-corrected chi connectivity index (χ1v) is 18.5. The van der Waals surface area contributed by atoms with E-state index in [1.165, 1.54) is 58.7 Å². The predicted molar refractivity (Wildman–Crippen MR) is 168 cm³/mol. The van der Waals surface area contributed by atoms with E-state index in [1.807, 2.05) is 4.72 Å². The molecule has 2 atom stereocenters. The van der Waals surface area contributed by atoms with Crippen molar-refractivity contribution < 1.29 is 35.6 Å². The van der Waals surface area contributed by atoms with Crippen LogP contribution in [0.2, 0.25) is 0 Å². The number of amidine groups is 1. The monoisotopic (exact) mass is 739 g/mol. The lowest BCUT2D eigenvalue weighted by molar-refractivity contribution is -0.139. The molecule has 5 rings (SSSR count). The van der Waals surface area contributed by atoms with Crippen LogP contribution in [-0.2, 0) is 34.2 Å². The largest absolute Gasteiger partial charge is 0.463 e. The second kappa shape index (κ2) is 13.5. The first-order chi connectivity index (χ1) is 21.4. The molecule has 1 aromatic heterocycles. The highest BCUT2D eigenvalue weighted by atomic mass is 79.9. The summed E-state index contributed by atoms with van der Waals surface area (Å²) in [5, 5.41) is 5.33. The van der Waals surface area contributed by atoms with E-state index in [9.17, 15) is 30.8 Å². The molecule has 3 heterocycles. The van der Waals surface area contributed by atoms with E-state index in [2.05, 4.69) is 26.2 Å². The normalized spacial score (nSPS) is 20.2. The minimum absolute atomic E-state index is 0.0281. The number of esters is 1. The number of amides is 1. The number of benzene rings is 2. The number of sulfone groups is 1. The van der Waals surface area contributed by atoms with Crippen molar-refractivity contribution in [3.63, 3.8) is 0 Å². The third-order valence-corrected chi connectivity index (χ3v) is 11.5. The van der Waals surface area contributed by atoms with Gasteiger partial charge in [-0.1, -0.05) is 40.2 Å². The fourth-order valence-corrected chi connectivity index (χ4v) is 8.61. The summed E-state index contributed by atoms with van der Waals surface area (Å²) in [6.45, 7) is 1.33. The zero-order valence-electron chi connectivity index (χ0n) is 23.6. The van der Waals surface area contributed by atoms with Gasteiger partial charge in [0.1, 0.15) is 17.9 Å². The van der Waals surface area contributed by atoms with Gasteiger partial charge < -0.3 is 10.1 Å². The molecule has 0 bridgehead atoms. The number of carbonyl (C=O) groups is 2. The summed E-state index contributed by atoms with van der Waals surface area (Å²) in [7, 11) is -8.03. The van der Waals surface area contributed by atoms with Crippen LogP contribution >= 0.6 is 27.3 Å². The van der Waals surface area contributed by atoms with Gasteiger partial charge in [0.05, 0.1) is 28.6 Å². The van der Waals surface area contributed by atoms with Gasteiger partial charge in [-0.05, 0) is 36.8 Å². The Morgan fingerprint density at radius 1 is 1.22 bits per heavy atom. The van der Waals surface area contributed by atoms with Crippen LogP contribution < -0.4 is 10.0 Å². The summed E-state index contributed by atoms with van der Waals surface area (Å²) >= 11 is 4.64. The lowest BCUT2D eigenvalue weighted by atomic mass is 9.95. The molecular formula is C28H27BrFN5O7S3. The number of hydrogen-bond donors (Lipinski definition) is 2. The lowest BCUT2D eigenvalue weighted by Gasteiger charge is -2.36. The van der Waals surface area contributed by atoms with E-state index in [1.54, 1.807) is 24.6 Å². The second-order valence-electron chi connectivity index (χ2n) is 10.0. The Labute approximate surface area is 271 Å². The number of hydrogen-bond acceptors (Lipinski definition) is 12. The summed E-state index contributed by atoms with van der Waals surface area (Å²) in [5.74, 6) is -2.95. The number of sulfonamides is 1. The Balaban J connectivity index is 1.57. The smallest absolute Gasteiger partial charge is 0.338 e. The Morgan fingerprint density at radius 3 is 2.64 bits per heavy atom. The maximum atomic E-state index is 14.1. The number of aromatic nitrogens is 1. The van der Waals surface area contributed by atoms with Crippen LogP contribution in [0.3, 0.4) is 0 Å². The van der Waals surface area contributed by atoms with Crippen LogP contribution in [0.5, 0.6) is 0 Å². The first kappa shape index (κ1) is 32.9. The summed E-state index contributed by atoms with van der Waals surface area (Å²) in [4.78, 5) is 37.3. The maximum Gasteiger partial charge on any atom is 0.338 e. The quantitative estimate of drug-likeness (QED) is 0.312. The number of halogens is 2. The molecule has 2 unspecified atom stereocenters. The number of nitrogens with one attached hydrogen (secondary N) is 2. The van der Waals surface area contributed by atoms with Crippen molar-refractivity contribution in [2.45, 2.75) is 23.9 Å². The number of nitrogens with zero attached hydrogens (tertiary/aromatic N) is 3. The molecule has 2 aromatic carbocycles. The molecule has 1 saturated heterocycles. The van der Waals surface area contributed by atoms with Crippen molar-refractivity contribution in [3.05, 3.63) is 92.2 Å². The molecule has 0 spiro atoms. The van der Waals surface area contributed by atoms with Crippen LogP contribution in [0.1, 0.15) is 23.5 Å². The Kier molecular flexibility index (Phi) is 9.83. The Morgan fingerprint density at radius 2 is 1.98 bits per heavy atom. The average Bonchev–Trinajstić information content (AvgIpc) is 3.53. The van der Waals surface area contributed by atoms with Crippen molar-refractivity contribution in [3.8, 4) is 0 Å². The van der Waals surface area contributed by atoms with Gasteiger partial charge in [-0.2, -0.15) is 0 Å². The fraction of sp³-hybridized carbons (Fsp3) is 0.286. The molecule has 238 valence electrons. The highest BCUT2D eigenvalue weighted by Gasteiger charge is 2.40. The van der Waals surface area contributed by atoms with E-state index in [0.29, 0.717) is 15.0 Å². The standard InChI is InChI=1S/C28H27BrFN5O7S3/c1-2-42-28(37)23-21(32-25(27-31-10-12-43-27)33-24(23)19-9-8-17(30)14-20(19)29)15-35-11-13-44(38,39)16-22(35)26(36)34-45(40,41)18-6-4-3-5-7-18/h3-10,12,14,22,24H,2,11,13,15-16H2,1H3,(H,32,33)(H,34,36). The molecule has 45 heavy (non-hydrogen) atoms. The van der Waals surface area contributed by atoms with E-state index >= 15 is 0 Å². The Bertz CT molecular complexity index is 1890. The third-order valence-electron chi connectivity index (χ3n) is 7.01. The van der Waals surface area contributed by atoms with E-state index in [4.69, 9.17) is 9.73 Å². The second-order valence-corrected chi connectivity index (χ2v) is 15.7. The minimum Gasteiger partial charge on any atom is -0.463 e. The predicted octanol–water partition coefficient (Wildman–Crippen LogP) is 2.56. The van der Waals surface area contributed by atoms with Crippen molar-refractivity contribution in [2.75, 3.05) is 31.2 Å². The van der Waals surface area contributed by atoms with E-state index < -0.39 is 55.4 Å². The van der Waals surface area contributed by atoms with Crippen LogP contribution in [0.4, 0.5) is 4.39 Å². The molecule has 17 heteroatoms. The molecule has 12 nitrogen and oxygen atoms in total. The average molecular weight is 741 g/mol. The maximum absolute atomic E-state index is 14.1. The fourth-order valence-electron chi connectivity index (χ4n) is 4.90. The van der Waals surface area contributed by atoms with Gasteiger partial charge in [-0.15, -0.1) is 11.3 Å². The van der Waals surface area contributed by atoms with Crippen molar-refractivity contribution in [2.24, 2.45) is 4.99 Å². The molecule has 1 amide bonds. The van der Waals surface area contributed by atoms with Crippen molar-refractivity contribution >= 4 is 64.8 Å². The minimum atomic E-state index is -4.31. The van der Waals surface area contributed by atoms with E-state index in [0.717, 1.165) is 0 Å². The van der Waals surface area contributed by atoms with Crippen molar-refractivity contribution in [1.29, 1.82) is 0 Å². The lowest BCUT2D eigenvalue weighted by Crippen LogP contribution is -2.57. The van der Waals surface area contributed by atoms with Crippen LogP contribution in [0.15, 0.2) is 85.7 Å². The van der Waals surface area contributed by atoms with Crippen LogP contribution in [0.25, 0.3) is 0 Å². The molecule has 2 N–H and O–H groups in total. The molecule has 3 aromatic rings. The Hall–Kier alpha value is -3.51. The first-order valence-electron chi connectivity index (χ1n) is 13.5. The van der Waals surface area contributed by atoms with Gasteiger partial charge in [-0.3, -0.25) is 14.7 Å². The molecule has 1 fully saturated rings. The van der Waals surface area contributed by atoms with Crippen LogP contribution in [0, 0.1) is 5.82 Å². The molecule has 0 radical (unpaired) electrons. The molecular weight excluding hydrogens is 713 g/mol. The van der Waals surface area contributed by atoms with Gasteiger partial charge in [0, 0.05) is 34.8 Å². The molecule has 0 aliphatic carbocycles. The highest BCUT2D eigenvalue weighted by molar-refractivity contribution is 9.10. The van der Waals surface area contributed by atoms with Gasteiger partial charge in [0.2, 0.25) is 0 Å². The van der Waals surface area contributed by atoms with Crippen molar-refractivity contribution in [1.82, 2.24) is 19.9 Å². The zero-order chi connectivity index (χ0) is 32.4. The van der Waals surface area contributed by atoms with Gasteiger partial charge >= 0.3 is 5.97 Å². The summed E-state index contributed by atoms with van der Waals surface area (Å²) in [5.41, 5.74) is 0.726. The SMILES string of the molecule is CCOC(=O)C1=C(CN2CCS(=O)(=O)CC2C(=O)NS(=O)(=O)c2ccccc2)NC(c2nccs2)=NC1c1ccc(F)cc1Br. The summed E-state index contributed by atoms with van der Waals surface area (Å²) < 4.78 is 73.1. The van der Waals surface area contributed by atoms with Gasteiger partial charge in [-0.25, -0.2) is 35.7 Å². The molecule has 2 aliphatic rings. The topological polar surface area (TPSA) is 164 Å². The number of rotatable bonds is 9. The zero-order valence-corrected chi connectivity index (χ0v) is 27.7. The summed E-state index contributed by atoms with van der Waals surface area (Å²) in [6.07, 6.45) is 1.57. The number of ether oxygens (including phenoxy) is 1. The highest BCUT2D eigenvalue weighted by Crippen LogP contribution is 2.37. The van der Waals surface area contributed by atoms with E-state index in [-0.39, 0.29) is 47.5 Å². The number of carbonyl (C=O) groups excluding carboxylic acids is 2. The third kappa shape index (κ3) is 7.49.